The van der Waals surface area contributed by atoms with E-state index in [1.807, 2.05) is 79.7 Å². The lowest BCUT2D eigenvalue weighted by Gasteiger charge is -2.16. The number of ether oxygens (including phenoxy) is 1. The fourth-order valence-electron chi connectivity index (χ4n) is 3.55. The van der Waals surface area contributed by atoms with E-state index in [1.165, 1.54) is 0 Å². The topological polar surface area (TPSA) is 79.5 Å². The molecule has 0 radical (unpaired) electrons. The summed E-state index contributed by atoms with van der Waals surface area (Å²) in [6, 6.07) is 33.7. The van der Waals surface area contributed by atoms with Crippen LogP contribution in [0.2, 0.25) is 0 Å². The summed E-state index contributed by atoms with van der Waals surface area (Å²) >= 11 is 0. The second kappa shape index (κ2) is 11.5. The lowest BCUT2D eigenvalue weighted by molar-refractivity contribution is -0.118. The third-order valence-corrected chi connectivity index (χ3v) is 5.38. The van der Waals surface area contributed by atoms with E-state index in [4.69, 9.17) is 4.74 Å². The molecule has 4 aromatic rings. The fraction of sp³-hybridized carbons (Fsp3) is 0.103. The molecule has 0 bridgehead atoms. The normalized spacial score (nSPS) is 11.2. The van der Waals surface area contributed by atoms with Gasteiger partial charge in [0, 0.05) is 11.4 Å². The highest BCUT2D eigenvalue weighted by Crippen LogP contribution is 2.21. The highest BCUT2D eigenvalue weighted by atomic mass is 16.5. The van der Waals surface area contributed by atoms with Crippen LogP contribution in [0, 0.1) is 0 Å². The Morgan fingerprint density at radius 2 is 1.34 bits per heavy atom. The maximum Gasteiger partial charge on any atom is 0.262 e. The average molecular weight is 466 g/mol. The minimum Gasteiger partial charge on any atom is -0.484 e. The summed E-state index contributed by atoms with van der Waals surface area (Å²) in [6.07, 6.45) is 0. The van der Waals surface area contributed by atoms with Crippen LogP contribution in [0.3, 0.4) is 0 Å². The van der Waals surface area contributed by atoms with Crippen LogP contribution in [0.25, 0.3) is 0 Å². The van der Waals surface area contributed by atoms with Crippen molar-refractivity contribution in [3.05, 3.63) is 120 Å². The van der Waals surface area contributed by atoms with Crippen molar-refractivity contribution in [3.8, 4) is 5.75 Å². The molecule has 35 heavy (non-hydrogen) atoms. The first-order valence-electron chi connectivity index (χ1n) is 11.4. The number of hydrogen-bond acceptors (Lipinski definition) is 4. The van der Waals surface area contributed by atoms with Gasteiger partial charge in [-0.25, -0.2) is 0 Å². The first-order chi connectivity index (χ1) is 17.1. The third kappa shape index (κ3) is 6.71. The van der Waals surface area contributed by atoms with Gasteiger partial charge in [-0.3, -0.25) is 9.59 Å². The van der Waals surface area contributed by atoms with Gasteiger partial charge in [0.2, 0.25) is 0 Å². The molecule has 3 N–H and O–H groups in total. The molecule has 1 atom stereocenters. The van der Waals surface area contributed by atoms with E-state index < -0.39 is 0 Å². The van der Waals surface area contributed by atoms with Crippen molar-refractivity contribution < 1.29 is 14.3 Å². The molecule has 0 saturated carbocycles. The number of rotatable bonds is 9. The number of carbonyl (C=O) groups is 2. The van der Waals surface area contributed by atoms with E-state index in [-0.39, 0.29) is 24.5 Å². The Labute approximate surface area is 205 Å². The van der Waals surface area contributed by atoms with Crippen molar-refractivity contribution in [3.63, 3.8) is 0 Å². The Morgan fingerprint density at radius 1 is 0.743 bits per heavy atom. The molecule has 0 heterocycles. The van der Waals surface area contributed by atoms with Crippen LogP contribution in [0.4, 0.5) is 17.1 Å². The molecule has 0 saturated heterocycles. The van der Waals surface area contributed by atoms with Crippen molar-refractivity contribution in [1.82, 2.24) is 5.32 Å². The Morgan fingerprint density at radius 3 is 2.06 bits per heavy atom. The summed E-state index contributed by atoms with van der Waals surface area (Å²) < 4.78 is 5.63. The van der Waals surface area contributed by atoms with Crippen LogP contribution < -0.4 is 20.7 Å². The van der Waals surface area contributed by atoms with Crippen LogP contribution >= 0.6 is 0 Å². The second-order valence-electron chi connectivity index (χ2n) is 8.00. The zero-order valence-corrected chi connectivity index (χ0v) is 19.4. The van der Waals surface area contributed by atoms with Gasteiger partial charge in [0.15, 0.2) is 6.61 Å². The van der Waals surface area contributed by atoms with Gasteiger partial charge in [0.1, 0.15) is 5.75 Å². The largest absolute Gasteiger partial charge is 0.484 e. The van der Waals surface area contributed by atoms with E-state index >= 15 is 0 Å². The molecule has 0 spiro atoms. The number of carbonyl (C=O) groups excluding carboxylic acids is 2. The Hall–Kier alpha value is -4.58. The van der Waals surface area contributed by atoms with E-state index in [1.54, 1.807) is 36.4 Å². The van der Waals surface area contributed by atoms with Crippen molar-refractivity contribution in [2.45, 2.75) is 13.0 Å². The van der Waals surface area contributed by atoms with Crippen molar-refractivity contribution in [1.29, 1.82) is 0 Å². The SMILES string of the molecule is C[C@@H](NC(=O)c1ccccc1NC(=O)COc1ccc(Nc2ccccc2)cc1)c1ccccc1. The van der Waals surface area contributed by atoms with E-state index in [2.05, 4.69) is 16.0 Å². The molecule has 2 amide bonds. The molecular weight excluding hydrogens is 438 g/mol. The van der Waals surface area contributed by atoms with E-state index in [9.17, 15) is 9.59 Å². The predicted octanol–water partition coefficient (Wildman–Crippen LogP) is 5.94. The summed E-state index contributed by atoms with van der Waals surface area (Å²) in [5.41, 5.74) is 3.72. The molecule has 0 fully saturated rings. The van der Waals surface area contributed by atoms with Gasteiger partial charge in [0.25, 0.3) is 11.8 Å². The maximum absolute atomic E-state index is 12.9. The predicted molar refractivity (Wildman–Crippen MR) is 139 cm³/mol. The summed E-state index contributed by atoms with van der Waals surface area (Å²) in [5, 5.41) is 9.06. The third-order valence-electron chi connectivity index (χ3n) is 5.38. The van der Waals surface area contributed by atoms with Crippen molar-refractivity contribution in [2.24, 2.45) is 0 Å². The Balaban J connectivity index is 1.32. The van der Waals surface area contributed by atoms with Crippen LogP contribution in [0.5, 0.6) is 5.75 Å². The fourth-order valence-corrected chi connectivity index (χ4v) is 3.55. The first kappa shape index (κ1) is 23.6. The van der Waals surface area contributed by atoms with Crippen molar-refractivity contribution >= 4 is 28.9 Å². The molecule has 176 valence electrons. The molecule has 0 aliphatic rings. The van der Waals surface area contributed by atoms with Crippen LogP contribution in [-0.4, -0.2) is 18.4 Å². The average Bonchev–Trinajstić information content (AvgIpc) is 2.89. The van der Waals surface area contributed by atoms with Gasteiger partial charge < -0.3 is 20.7 Å². The summed E-state index contributed by atoms with van der Waals surface area (Å²) in [6.45, 7) is 1.74. The lowest BCUT2D eigenvalue weighted by Crippen LogP contribution is -2.28. The molecule has 0 aliphatic carbocycles. The minimum atomic E-state index is -0.354. The number of benzene rings is 4. The minimum absolute atomic E-state index is 0.171. The number of hydrogen-bond donors (Lipinski definition) is 3. The van der Waals surface area contributed by atoms with Gasteiger partial charge in [-0.05, 0) is 61.0 Å². The van der Waals surface area contributed by atoms with Crippen LogP contribution in [-0.2, 0) is 4.79 Å². The Kier molecular flexibility index (Phi) is 7.76. The zero-order chi connectivity index (χ0) is 24.5. The highest BCUT2D eigenvalue weighted by Gasteiger charge is 2.16. The monoisotopic (exact) mass is 465 g/mol. The summed E-state index contributed by atoms with van der Waals surface area (Å²) in [7, 11) is 0. The molecule has 0 aromatic heterocycles. The van der Waals surface area contributed by atoms with Gasteiger partial charge in [-0.2, -0.15) is 0 Å². The zero-order valence-electron chi connectivity index (χ0n) is 19.4. The molecule has 0 unspecified atom stereocenters. The number of nitrogens with one attached hydrogen (secondary N) is 3. The number of amides is 2. The lowest BCUT2D eigenvalue weighted by atomic mass is 10.1. The van der Waals surface area contributed by atoms with Gasteiger partial charge in [-0.1, -0.05) is 60.7 Å². The van der Waals surface area contributed by atoms with Crippen LogP contribution in [0.15, 0.2) is 109 Å². The molecular formula is C29H27N3O3. The number of para-hydroxylation sites is 2. The quantitative estimate of drug-likeness (QED) is 0.286. The number of anilines is 3. The highest BCUT2D eigenvalue weighted by molar-refractivity contribution is 6.04. The van der Waals surface area contributed by atoms with E-state index in [0.29, 0.717) is 17.0 Å². The van der Waals surface area contributed by atoms with E-state index in [0.717, 1.165) is 16.9 Å². The van der Waals surface area contributed by atoms with Gasteiger partial charge in [0.05, 0.1) is 17.3 Å². The maximum atomic E-state index is 12.9. The smallest absolute Gasteiger partial charge is 0.262 e. The molecule has 0 aliphatic heterocycles. The second-order valence-corrected chi connectivity index (χ2v) is 8.00. The molecule has 4 rings (SSSR count). The molecule has 6 heteroatoms. The summed E-state index contributed by atoms with van der Waals surface area (Å²) in [5.74, 6) is -0.0472. The van der Waals surface area contributed by atoms with Gasteiger partial charge >= 0.3 is 0 Å². The first-order valence-corrected chi connectivity index (χ1v) is 11.4. The van der Waals surface area contributed by atoms with Gasteiger partial charge in [-0.15, -0.1) is 0 Å². The van der Waals surface area contributed by atoms with Crippen molar-refractivity contribution in [2.75, 3.05) is 17.2 Å². The Bertz CT molecular complexity index is 1260. The van der Waals surface area contributed by atoms with Crippen LogP contribution in [0.1, 0.15) is 28.9 Å². The summed E-state index contributed by atoms with van der Waals surface area (Å²) in [4.78, 5) is 25.4. The molecule has 6 nitrogen and oxygen atoms in total. The molecule has 4 aromatic carbocycles. The standard InChI is InChI=1S/C29H27N3O3/c1-21(22-10-4-2-5-11-22)30-29(34)26-14-8-9-15-27(26)32-28(33)20-35-25-18-16-24(17-19-25)31-23-12-6-3-7-13-23/h2-19,21,31H,20H2,1H3,(H,30,34)(H,32,33)/t21-/m1/s1.